The van der Waals surface area contributed by atoms with Crippen molar-refractivity contribution in [2.75, 3.05) is 0 Å². The van der Waals surface area contributed by atoms with Crippen LogP contribution >= 0.6 is 0 Å². The number of hydrogen-bond acceptors (Lipinski definition) is 3. The number of hydrogen-bond donors (Lipinski definition) is 0. The molecule has 0 atom stereocenters. The zero-order chi connectivity index (χ0) is 15.0. The molecule has 2 heterocycles. The van der Waals surface area contributed by atoms with E-state index in [0.717, 1.165) is 17.0 Å². The molecule has 0 saturated heterocycles. The van der Waals surface area contributed by atoms with Gasteiger partial charge in [-0.25, -0.2) is 4.68 Å². The predicted octanol–water partition coefficient (Wildman–Crippen LogP) is 3.62. The van der Waals surface area contributed by atoms with Crippen molar-refractivity contribution in [2.45, 2.75) is 20.8 Å². The van der Waals surface area contributed by atoms with Gasteiger partial charge in [-0.15, -0.1) is 0 Å². The van der Waals surface area contributed by atoms with Crippen molar-refractivity contribution in [1.29, 1.82) is 0 Å². The molecule has 4 nitrogen and oxygen atoms in total. The second-order valence-corrected chi connectivity index (χ2v) is 5.01. The molecule has 0 spiro atoms. The van der Waals surface area contributed by atoms with Crippen LogP contribution in [0.1, 0.15) is 33.1 Å². The summed E-state index contributed by atoms with van der Waals surface area (Å²) in [6.45, 7) is 5.59. The van der Waals surface area contributed by atoms with E-state index in [-0.39, 0.29) is 5.78 Å². The molecule has 0 aliphatic carbocycles. The van der Waals surface area contributed by atoms with Gasteiger partial charge in [0, 0.05) is 5.56 Å². The molecule has 2 aromatic heterocycles. The summed E-state index contributed by atoms with van der Waals surface area (Å²) in [5.41, 5.74) is 2.91. The van der Waals surface area contributed by atoms with E-state index in [0.29, 0.717) is 17.0 Å². The lowest BCUT2D eigenvalue weighted by Crippen LogP contribution is -2.11. The van der Waals surface area contributed by atoms with Gasteiger partial charge in [-0.1, -0.05) is 18.2 Å². The van der Waals surface area contributed by atoms with E-state index < -0.39 is 0 Å². The van der Waals surface area contributed by atoms with Crippen LogP contribution in [-0.2, 0) is 0 Å². The minimum atomic E-state index is -0.0665. The van der Waals surface area contributed by atoms with E-state index in [1.807, 2.05) is 51.1 Å². The zero-order valence-corrected chi connectivity index (χ0v) is 12.3. The van der Waals surface area contributed by atoms with Crippen molar-refractivity contribution in [1.82, 2.24) is 9.78 Å². The Labute approximate surface area is 123 Å². The molecule has 0 unspecified atom stereocenters. The van der Waals surface area contributed by atoms with E-state index >= 15 is 0 Å². The number of nitrogens with zero attached hydrogens (tertiary/aromatic N) is 2. The molecule has 4 heteroatoms. The monoisotopic (exact) mass is 280 g/mol. The average Bonchev–Trinajstić information content (AvgIpc) is 3.05. The average molecular weight is 280 g/mol. The molecule has 0 aliphatic heterocycles. The first-order chi connectivity index (χ1) is 10.1. The van der Waals surface area contributed by atoms with Crippen molar-refractivity contribution < 1.29 is 9.21 Å². The first kappa shape index (κ1) is 13.4. The van der Waals surface area contributed by atoms with Gasteiger partial charge in [-0.05, 0) is 39.0 Å². The molecule has 0 radical (unpaired) electrons. The molecular weight excluding hydrogens is 264 g/mol. The third kappa shape index (κ3) is 2.18. The van der Waals surface area contributed by atoms with E-state index in [4.69, 9.17) is 4.42 Å². The smallest absolute Gasteiger partial charge is 0.215 e. The third-order valence-corrected chi connectivity index (χ3v) is 3.66. The van der Waals surface area contributed by atoms with E-state index in [9.17, 15) is 4.79 Å². The Bertz CT molecular complexity index is 798. The van der Waals surface area contributed by atoms with Gasteiger partial charge in [0.15, 0.2) is 0 Å². The Kier molecular flexibility index (Phi) is 3.22. The highest BCUT2D eigenvalue weighted by Gasteiger charge is 2.23. The molecule has 1 aromatic carbocycles. The Morgan fingerprint density at radius 3 is 2.38 bits per heavy atom. The summed E-state index contributed by atoms with van der Waals surface area (Å²) in [6.07, 6.45) is 1.64. The van der Waals surface area contributed by atoms with Gasteiger partial charge < -0.3 is 4.42 Å². The van der Waals surface area contributed by atoms with E-state index in [2.05, 4.69) is 5.10 Å². The Morgan fingerprint density at radius 1 is 1.05 bits per heavy atom. The highest BCUT2D eigenvalue weighted by atomic mass is 16.3. The topological polar surface area (TPSA) is 48.0 Å². The molecule has 0 amide bonds. The summed E-state index contributed by atoms with van der Waals surface area (Å²) >= 11 is 0. The Hall–Kier alpha value is -2.62. The van der Waals surface area contributed by atoms with Crippen LogP contribution in [0, 0.1) is 20.8 Å². The number of aromatic nitrogens is 2. The number of benzene rings is 1. The van der Waals surface area contributed by atoms with Gasteiger partial charge in [0.1, 0.15) is 17.2 Å². The molecule has 3 rings (SSSR count). The first-order valence-corrected chi connectivity index (χ1v) is 6.80. The van der Waals surface area contributed by atoms with Crippen LogP contribution < -0.4 is 0 Å². The summed E-state index contributed by atoms with van der Waals surface area (Å²) in [5, 5.41) is 4.26. The van der Waals surface area contributed by atoms with E-state index in [1.54, 1.807) is 16.9 Å². The largest absolute Gasteiger partial charge is 0.466 e. The molecule has 0 N–H and O–H groups in total. The lowest BCUT2D eigenvalue weighted by molar-refractivity contribution is 0.103. The maximum atomic E-state index is 12.8. The first-order valence-electron chi connectivity index (χ1n) is 6.80. The van der Waals surface area contributed by atoms with E-state index in [1.165, 1.54) is 0 Å². The molecule has 0 bridgehead atoms. The number of para-hydroxylation sites is 1. The van der Waals surface area contributed by atoms with Crippen LogP contribution in [0.25, 0.3) is 5.69 Å². The van der Waals surface area contributed by atoms with Crippen LogP contribution in [0.3, 0.4) is 0 Å². The van der Waals surface area contributed by atoms with Gasteiger partial charge in [-0.2, -0.15) is 5.10 Å². The number of carbonyl (C=O) groups is 1. The SMILES string of the molecule is Cc1oc(C)c(C(=O)c2ccnn2-c2ccccc2)c1C. The van der Waals surface area contributed by atoms with Crippen LogP contribution in [-0.4, -0.2) is 15.6 Å². The van der Waals surface area contributed by atoms with Gasteiger partial charge in [0.25, 0.3) is 0 Å². The molecule has 0 fully saturated rings. The maximum absolute atomic E-state index is 12.8. The van der Waals surface area contributed by atoms with Crippen LogP contribution in [0.15, 0.2) is 47.0 Å². The molecule has 0 saturated carbocycles. The third-order valence-electron chi connectivity index (χ3n) is 3.66. The standard InChI is InChI=1S/C17H16N2O2/c1-11-12(2)21-13(3)16(11)17(20)15-9-10-18-19(15)14-7-5-4-6-8-14/h4-10H,1-3H3. The van der Waals surface area contributed by atoms with Gasteiger partial charge >= 0.3 is 0 Å². The zero-order valence-electron chi connectivity index (χ0n) is 12.3. The lowest BCUT2D eigenvalue weighted by Gasteiger charge is -2.06. The van der Waals surface area contributed by atoms with Crippen molar-refractivity contribution in [3.63, 3.8) is 0 Å². The lowest BCUT2D eigenvalue weighted by atomic mass is 10.0. The van der Waals surface area contributed by atoms with Crippen molar-refractivity contribution in [3.8, 4) is 5.69 Å². The summed E-state index contributed by atoms with van der Waals surface area (Å²) in [4.78, 5) is 12.8. The second kappa shape index (κ2) is 5.05. The molecular formula is C17H16N2O2. The normalized spacial score (nSPS) is 10.8. The number of ketones is 1. The Morgan fingerprint density at radius 2 is 1.76 bits per heavy atom. The predicted molar refractivity (Wildman–Crippen MR) is 79.9 cm³/mol. The molecule has 21 heavy (non-hydrogen) atoms. The summed E-state index contributed by atoms with van der Waals surface area (Å²) < 4.78 is 7.22. The van der Waals surface area contributed by atoms with Gasteiger partial charge in [0.2, 0.25) is 5.78 Å². The summed E-state index contributed by atoms with van der Waals surface area (Å²) in [7, 11) is 0. The second-order valence-electron chi connectivity index (χ2n) is 5.01. The summed E-state index contributed by atoms with van der Waals surface area (Å²) in [5.74, 6) is 1.36. The fourth-order valence-corrected chi connectivity index (χ4v) is 2.51. The quantitative estimate of drug-likeness (QED) is 0.688. The number of rotatable bonds is 3. The fourth-order valence-electron chi connectivity index (χ4n) is 2.51. The molecule has 106 valence electrons. The number of furan rings is 1. The van der Waals surface area contributed by atoms with Crippen molar-refractivity contribution in [3.05, 3.63) is 70.9 Å². The van der Waals surface area contributed by atoms with Crippen molar-refractivity contribution in [2.24, 2.45) is 0 Å². The van der Waals surface area contributed by atoms with Crippen molar-refractivity contribution >= 4 is 5.78 Å². The number of carbonyl (C=O) groups excluding carboxylic acids is 1. The van der Waals surface area contributed by atoms with Crippen LogP contribution in [0.4, 0.5) is 0 Å². The maximum Gasteiger partial charge on any atom is 0.215 e. The summed E-state index contributed by atoms with van der Waals surface area (Å²) in [6, 6.07) is 11.3. The minimum Gasteiger partial charge on any atom is -0.466 e. The number of aryl methyl sites for hydroxylation is 2. The minimum absolute atomic E-state index is 0.0665. The van der Waals surface area contributed by atoms with Crippen LogP contribution in [0.5, 0.6) is 0 Å². The van der Waals surface area contributed by atoms with Crippen LogP contribution in [0.2, 0.25) is 0 Å². The Balaban J connectivity index is 2.10. The molecule has 3 aromatic rings. The highest BCUT2D eigenvalue weighted by Crippen LogP contribution is 2.24. The fraction of sp³-hybridized carbons (Fsp3) is 0.176. The van der Waals surface area contributed by atoms with Gasteiger partial charge in [-0.3, -0.25) is 4.79 Å². The highest BCUT2D eigenvalue weighted by molar-refractivity contribution is 6.09. The van der Waals surface area contributed by atoms with Gasteiger partial charge in [0.05, 0.1) is 17.4 Å². The molecule has 0 aliphatic rings.